The van der Waals surface area contributed by atoms with Gasteiger partial charge in [0.05, 0.1) is 6.20 Å². The molecule has 5 nitrogen and oxygen atoms in total. The molecule has 0 unspecified atom stereocenters. The first-order valence-electron chi connectivity index (χ1n) is 5.75. The van der Waals surface area contributed by atoms with Crippen LogP contribution in [0.4, 0.5) is 11.8 Å². The number of nitrogens with two attached hydrogens (primary N) is 1. The van der Waals surface area contributed by atoms with E-state index in [2.05, 4.69) is 14.9 Å². The highest BCUT2D eigenvalue weighted by atomic mass is 16.4. The van der Waals surface area contributed by atoms with Crippen LogP contribution in [-0.4, -0.2) is 23.1 Å². The van der Waals surface area contributed by atoms with Crippen molar-refractivity contribution in [2.75, 3.05) is 23.7 Å². The van der Waals surface area contributed by atoms with Gasteiger partial charge in [0.1, 0.15) is 5.82 Å². The molecule has 0 radical (unpaired) electrons. The number of hydrogen-bond acceptors (Lipinski definition) is 5. The molecule has 0 atom stereocenters. The highest BCUT2D eigenvalue weighted by Gasteiger charge is 2.13. The van der Waals surface area contributed by atoms with Gasteiger partial charge in [0.15, 0.2) is 5.76 Å². The molecule has 0 spiro atoms. The Balaban J connectivity index is 1.84. The van der Waals surface area contributed by atoms with Gasteiger partial charge in [-0.1, -0.05) is 0 Å². The molecule has 5 heteroatoms. The molecule has 0 saturated carbocycles. The molecule has 3 rings (SSSR count). The van der Waals surface area contributed by atoms with Crippen molar-refractivity contribution < 1.29 is 4.42 Å². The van der Waals surface area contributed by atoms with Gasteiger partial charge in [0.2, 0.25) is 0 Å². The van der Waals surface area contributed by atoms with Gasteiger partial charge in [0.25, 0.3) is 6.01 Å². The van der Waals surface area contributed by atoms with Gasteiger partial charge >= 0.3 is 0 Å². The van der Waals surface area contributed by atoms with Gasteiger partial charge in [-0.25, -0.2) is 9.97 Å². The fourth-order valence-corrected chi connectivity index (χ4v) is 2.09. The predicted octanol–water partition coefficient (Wildman–Crippen LogP) is 1.92. The summed E-state index contributed by atoms with van der Waals surface area (Å²) in [5, 5.41) is 0. The molecule has 2 aromatic rings. The third-order valence-corrected chi connectivity index (χ3v) is 2.99. The lowest BCUT2D eigenvalue weighted by Gasteiger charge is -2.15. The van der Waals surface area contributed by atoms with Gasteiger partial charge in [-0.15, -0.1) is 0 Å². The molecule has 0 aromatic carbocycles. The molecule has 1 aliphatic rings. The fraction of sp³-hybridized carbons (Fsp3) is 0.333. The predicted molar refractivity (Wildman–Crippen MR) is 65.6 cm³/mol. The molecule has 2 N–H and O–H groups in total. The number of nitrogen functional groups attached to an aromatic ring is 1. The highest BCUT2D eigenvalue weighted by Crippen LogP contribution is 2.23. The van der Waals surface area contributed by atoms with Gasteiger partial charge in [-0.05, 0) is 25.0 Å². The maximum atomic E-state index is 5.44. The molecule has 1 saturated heterocycles. The van der Waals surface area contributed by atoms with Crippen molar-refractivity contribution >= 4 is 11.8 Å². The first kappa shape index (κ1) is 10.1. The van der Waals surface area contributed by atoms with Crippen molar-refractivity contribution in [3.8, 4) is 11.3 Å². The van der Waals surface area contributed by atoms with Gasteiger partial charge < -0.3 is 15.1 Å². The number of nitrogens with zero attached hydrogens (tertiary/aromatic N) is 3. The molecule has 3 heterocycles. The van der Waals surface area contributed by atoms with Crippen molar-refractivity contribution in [3.63, 3.8) is 0 Å². The number of rotatable bonds is 2. The Morgan fingerprint density at radius 1 is 1.12 bits per heavy atom. The first-order chi connectivity index (χ1) is 8.33. The third-order valence-electron chi connectivity index (χ3n) is 2.99. The lowest BCUT2D eigenvalue weighted by Crippen LogP contribution is -2.18. The SMILES string of the molecule is Nc1ncc(-c2ccc(N3CCCC3)nc2)o1. The number of anilines is 2. The topological polar surface area (TPSA) is 68.2 Å². The number of hydrogen-bond donors (Lipinski definition) is 1. The Kier molecular flexibility index (Phi) is 2.44. The van der Waals surface area contributed by atoms with Gasteiger partial charge in [-0.3, -0.25) is 0 Å². The van der Waals surface area contributed by atoms with Crippen LogP contribution in [0, 0.1) is 0 Å². The van der Waals surface area contributed by atoms with E-state index in [1.165, 1.54) is 12.8 Å². The number of oxazole rings is 1. The average Bonchev–Trinajstić information content (AvgIpc) is 3.00. The molecule has 0 aliphatic carbocycles. The summed E-state index contributed by atoms with van der Waals surface area (Å²) in [5.74, 6) is 1.68. The van der Waals surface area contributed by atoms with Crippen LogP contribution in [-0.2, 0) is 0 Å². The van der Waals surface area contributed by atoms with Crippen LogP contribution in [0.25, 0.3) is 11.3 Å². The molecule has 0 bridgehead atoms. The standard InChI is InChI=1S/C12H14N4O/c13-12-15-8-10(17-12)9-3-4-11(14-7-9)16-5-1-2-6-16/h3-4,7-8H,1-2,5-6H2,(H2,13,15). The second-order valence-corrected chi connectivity index (χ2v) is 4.16. The maximum Gasteiger partial charge on any atom is 0.292 e. The van der Waals surface area contributed by atoms with Crippen molar-refractivity contribution in [2.45, 2.75) is 12.8 Å². The normalized spacial score (nSPS) is 15.4. The van der Waals surface area contributed by atoms with Crippen LogP contribution in [0.2, 0.25) is 0 Å². The van der Waals surface area contributed by atoms with E-state index in [0.717, 1.165) is 24.5 Å². The van der Waals surface area contributed by atoms with E-state index in [4.69, 9.17) is 10.2 Å². The third kappa shape index (κ3) is 1.95. The van der Waals surface area contributed by atoms with Crippen LogP contribution in [0.5, 0.6) is 0 Å². The Labute approximate surface area is 99.3 Å². The quantitative estimate of drug-likeness (QED) is 0.853. The van der Waals surface area contributed by atoms with E-state index in [0.29, 0.717) is 5.76 Å². The van der Waals surface area contributed by atoms with E-state index in [9.17, 15) is 0 Å². The summed E-state index contributed by atoms with van der Waals surface area (Å²) in [4.78, 5) is 10.6. The Morgan fingerprint density at radius 2 is 1.94 bits per heavy atom. The molecule has 88 valence electrons. The Bertz CT molecular complexity index is 499. The van der Waals surface area contributed by atoms with Crippen molar-refractivity contribution in [2.24, 2.45) is 0 Å². The van der Waals surface area contributed by atoms with E-state index in [-0.39, 0.29) is 6.01 Å². The van der Waals surface area contributed by atoms with Crippen molar-refractivity contribution in [1.29, 1.82) is 0 Å². The fourth-order valence-electron chi connectivity index (χ4n) is 2.09. The van der Waals surface area contributed by atoms with Crippen LogP contribution >= 0.6 is 0 Å². The Hall–Kier alpha value is -2.04. The minimum Gasteiger partial charge on any atom is -0.424 e. The van der Waals surface area contributed by atoms with Crippen molar-refractivity contribution in [1.82, 2.24) is 9.97 Å². The zero-order chi connectivity index (χ0) is 11.7. The molecule has 0 amide bonds. The molecule has 2 aromatic heterocycles. The van der Waals surface area contributed by atoms with Gasteiger partial charge in [-0.2, -0.15) is 0 Å². The Morgan fingerprint density at radius 3 is 2.53 bits per heavy atom. The van der Waals surface area contributed by atoms with Crippen LogP contribution in [0.1, 0.15) is 12.8 Å². The zero-order valence-corrected chi connectivity index (χ0v) is 9.47. The monoisotopic (exact) mass is 230 g/mol. The molecular weight excluding hydrogens is 216 g/mol. The zero-order valence-electron chi connectivity index (χ0n) is 9.47. The highest BCUT2D eigenvalue weighted by molar-refractivity contribution is 5.58. The van der Waals surface area contributed by atoms with E-state index in [1.807, 2.05) is 12.1 Å². The summed E-state index contributed by atoms with van der Waals surface area (Å²) in [7, 11) is 0. The van der Waals surface area contributed by atoms with E-state index in [1.54, 1.807) is 12.4 Å². The molecule has 1 aliphatic heterocycles. The lowest BCUT2D eigenvalue weighted by molar-refractivity contribution is 0.594. The minimum absolute atomic E-state index is 0.184. The van der Waals surface area contributed by atoms with Crippen LogP contribution in [0.3, 0.4) is 0 Å². The molecular formula is C12H14N4O. The maximum absolute atomic E-state index is 5.44. The molecule has 1 fully saturated rings. The summed E-state index contributed by atoms with van der Waals surface area (Å²) >= 11 is 0. The second-order valence-electron chi connectivity index (χ2n) is 4.16. The van der Waals surface area contributed by atoms with Crippen molar-refractivity contribution in [3.05, 3.63) is 24.5 Å². The number of aromatic nitrogens is 2. The summed E-state index contributed by atoms with van der Waals surface area (Å²) in [5.41, 5.74) is 6.34. The summed E-state index contributed by atoms with van der Waals surface area (Å²) in [6.07, 6.45) is 5.92. The largest absolute Gasteiger partial charge is 0.424 e. The summed E-state index contributed by atoms with van der Waals surface area (Å²) < 4.78 is 5.25. The van der Waals surface area contributed by atoms with E-state index >= 15 is 0 Å². The lowest BCUT2D eigenvalue weighted by atomic mass is 10.2. The smallest absolute Gasteiger partial charge is 0.292 e. The summed E-state index contributed by atoms with van der Waals surface area (Å²) in [6.45, 7) is 2.20. The van der Waals surface area contributed by atoms with Crippen LogP contribution in [0.15, 0.2) is 28.9 Å². The van der Waals surface area contributed by atoms with Gasteiger partial charge in [0, 0.05) is 24.8 Å². The molecule has 17 heavy (non-hydrogen) atoms. The second kappa shape index (κ2) is 4.08. The minimum atomic E-state index is 0.184. The average molecular weight is 230 g/mol. The summed E-state index contributed by atoms with van der Waals surface area (Å²) in [6, 6.07) is 4.18. The van der Waals surface area contributed by atoms with E-state index < -0.39 is 0 Å². The first-order valence-corrected chi connectivity index (χ1v) is 5.75. The number of pyridine rings is 1. The van der Waals surface area contributed by atoms with Crippen LogP contribution < -0.4 is 10.6 Å².